The predicted molar refractivity (Wildman–Crippen MR) is 204 cm³/mol. The molecule has 1 aliphatic rings. The Balaban J connectivity index is 1.26. The average Bonchev–Trinajstić information content (AvgIpc) is 3.66. The summed E-state index contributed by atoms with van der Waals surface area (Å²) in [6.45, 7) is 6.27. The van der Waals surface area contributed by atoms with E-state index in [0.29, 0.717) is 37.3 Å². The number of nitrogens with zero attached hydrogens (tertiary/aromatic N) is 4. The standard InChI is InChI=1S/C40H50N8O5/c1-40(2,3)53-39(52)41-24-27-12-16-29(17-13-27)35(49)23-31(38(51)42-32-20-18-30(19-21-32)37-44-46-47-45-37)22-26-10-14-28(15-11-26)33-8-6-7-9-34(33)43-36(50)25-48(4)5/h6-11,14-15,18-21,27,29,31H,12-13,16-17,22-25H2,1-5H3,(H,41,52)(H,42,51)(H,43,50)(H,44,45,46,47)/t27?,29?,31-/m1/s1. The number of amides is 3. The topological polar surface area (TPSA) is 171 Å². The zero-order valence-corrected chi connectivity index (χ0v) is 31.1. The van der Waals surface area contributed by atoms with E-state index in [4.69, 9.17) is 4.74 Å². The van der Waals surface area contributed by atoms with Gasteiger partial charge in [0.05, 0.1) is 6.54 Å². The molecule has 280 valence electrons. The molecule has 5 rings (SSSR count). The van der Waals surface area contributed by atoms with Crippen molar-refractivity contribution in [3.05, 3.63) is 78.4 Å². The van der Waals surface area contributed by atoms with Crippen LogP contribution in [0, 0.1) is 17.8 Å². The Labute approximate surface area is 310 Å². The number of aromatic amines is 1. The maximum absolute atomic E-state index is 13.9. The molecule has 0 aliphatic heterocycles. The maximum atomic E-state index is 13.9. The van der Waals surface area contributed by atoms with E-state index in [1.54, 1.807) is 24.3 Å². The highest BCUT2D eigenvalue weighted by atomic mass is 16.6. The lowest BCUT2D eigenvalue weighted by Crippen LogP contribution is -2.37. The SMILES string of the molecule is CN(C)CC(=O)Nc1ccccc1-c1ccc(C[C@H](CC(=O)C2CCC(CNC(=O)OC(C)(C)C)CC2)C(=O)Nc2ccc(-c3nn[nH]n3)cc2)cc1. The van der Waals surface area contributed by atoms with Gasteiger partial charge in [0.25, 0.3) is 0 Å². The molecule has 0 radical (unpaired) electrons. The predicted octanol–water partition coefficient (Wildman–Crippen LogP) is 6.12. The van der Waals surface area contributed by atoms with Gasteiger partial charge in [0.2, 0.25) is 17.6 Å². The molecule has 4 N–H and O–H groups in total. The Hall–Kier alpha value is -5.43. The van der Waals surface area contributed by atoms with Gasteiger partial charge in [-0.05, 0) is 120 Å². The summed E-state index contributed by atoms with van der Waals surface area (Å²) in [5, 5.41) is 22.9. The van der Waals surface area contributed by atoms with E-state index < -0.39 is 17.6 Å². The zero-order valence-electron chi connectivity index (χ0n) is 31.1. The first-order chi connectivity index (χ1) is 25.3. The Morgan fingerprint density at radius 3 is 2.21 bits per heavy atom. The molecule has 13 nitrogen and oxygen atoms in total. The number of carbonyl (C=O) groups excluding carboxylic acids is 4. The summed E-state index contributed by atoms with van der Waals surface area (Å²) < 4.78 is 5.36. The number of carbonyl (C=O) groups is 4. The average molecular weight is 723 g/mol. The molecule has 1 saturated carbocycles. The van der Waals surface area contributed by atoms with Crippen molar-refractivity contribution in [2.75, 3.05) is 37.8 Å². The van der Waals surface area contributed by atoms with Crippen molar-refractivity contribution < 1.29 is 23.9 Å². The minimum Gasteiger partial charge on any atom is -0.444 e. The van der Waals surface area contributed by atoms with E-state index in [1.165, 1.54) is 0 Å². The Morgan fingerprint density at radius 1 is 0.887 bits per heavy atom. The molecule has 4 aromatic rings. The normalized spacial score (nSPS) is 16.4. The van der Waals surface area contributed by atoms with Crippen molar-refractivity contribution >= 4 is 35.1 Å². The van der Waals surface area contributed by atoms with Crippen LogP contribution in [0.25, 0.3) is 22.5 Å². The number of likely N-dealkylation sites (N-methyl/N-ethyl adjacent to an activating group) is 1. The van der Waals surface area contributed by atoms with Crippen LogP contribution in [-0.2, 0) is 25.5 Å². The van der Waals surface area contributed by atoms with Crippen LogP contribution in [0.3, 0.4) is 0 Å². The summed E-state index contributed by atoms with van der Waals surface area (Å²) in [7, 11) is 3.69. The summed E-state index contributed by atoms with van der Waals surface area (Å²) in [6.07, 6.45) is 3.10. The second kappa shape index (κ2) is 17.9. The first-order valence-electron chi connectivity index (χ1n) is 18.1. The van der Waals surface area contributed by atoms with E-state index in [2.05, 4.69) is 36.6 Å². The zero-order chi connectivity index (χ0) is 38.0. The fraction of sp³-hybridized carbons (Fsp3) is 0.425. The lowest BCUT2D eigenvalue weighted by molar-refractivity contribution is -0.129. The number of ether oxygens (including phenoxy) is 1. The van der Waals surface area contributed by atoms with E-state index >= 15 is 0 Å². The number of para-hydroxylation sites is 1. The quantitative estimate of drug-likeness (QED) is 0.120. The Kier molecular flexibility index (Phi) is 13.1. The first kappa shape index (κ1) is 38.8. The molecule has 1 aliphatic carbocycles. The lowest BCUT2D eigenvalue weighted by Gasteiger charge is -2.29. The van der Waals surface area contributed by atoms with E-state index in [0.717, 1.165) is 40.8 Å². The molecule has 1 heterocycles. The number of nitrogens with one attached hydrogen (secondary N) is 4. The molecule has 13 heteroatoms. The second-order valence-corrected chi connectivity index (χ2v) is 15.0. The Morgan fingerprint density at radius 2 is 1.57 bits per heavy atom. The lowest BCUT2D eigenvalue weighted by atomic mass is 9.77. The number of hydrogen-bond acceptors (Lipinski definition) is 9. The minimum absolute atomic E-state index is 0.0789. The minimum atomic E-state index is -0.602. The Bertz CT molecular complexity index is 1830. The fourth-order valence-corrected chi connectivity index (χ4v) is 6.55. The molecule has 3 aromatic carbocycles. The van der Waals surface area contributed by atoms with Crippen LogP contribution in [0.15, 0.2) is 72.8 Å². The van der Waals surface area contributed by atoms with Crippen molar-refractivity contribution in [3.8, 4) is 22.5 Å². The number of rotatable bonds is 14. The van der Waals surface area contributed by atoms with Gasteiger partial charge < -0.3 is 25.6 Å². The van der Waals surface area contributed by atoms with Crippen LogP contribution in [0.4, 0.5) is 16.2 Å². The maximum Gasteiger partial charge on any atom is 0.407 e. The number of ketones is 1. The molecule has 0 saturated heterocycles. The first-order valence-corrected chi connectivity index (χ1v) is 18.1. The van der Waals surface area contributed by atoms with Crippen molar-refractivity contribution in [2.45, 2.75) is 64.9 Å². The van der Waals surface area contributed by atoms with Crippen LogP contribution in [0.5, 0.6) is 0 Å². The molecule has 1 fully saturated rings. The van der Waals surface area contributed by atoms with Crippen LogP contribution in [-0.4, -0.2) is 82.0 Å². The van der Waals surface area contributed by atoms with Gasteiger partial charge in [-0.2, -0.15) is 5.21 Å². The van der Waals surface area contributed by atoms with Crippen molar-refractivity contribution in [1.82, 2.24) is 30.8 Å². The molecular formula is C40H50N8O5. The fourth-order valence-electron chi connectivity index (χ4n) is 6.55. The van der Waals surface area contributed by atoms with Gasteiger partial charge in [-0.15, -0.1) is 10.2 Å². The van der Waals surface area contributed by atoms with Gasteiger partial charge in [-0.1, -0.05) is 42.5 Å². The molecule has 1 aromatic heterocycles. The number of aromatic nitrogens is 4. The molecule has 0 unspecified atom stereocenters. The number of H-pyrrole nitrogens is 1. The largest absolute Gasteiger partial charge is 0.444 e. The highest BCUT2D eigenvalue weighted by molar-refractivity contribution is 5.97. The van der Waals surface area contributed by atoms with Crippen molar-refractivity contribution in [3.63, 3.8) is 0 Å². The van der Waals surface area contributed by atoms with Gasteiger partial charge in [-0.3, -0.25) is 14.4 Å². The van der Waals surface area contributed by atoms with Crippen LogP contribution < -0.4 is 16.0 Å². The summed E-state index contributed by atoms with van der Waals surface area (Å²) in [5.74, 6) is -0.287. The third kappa shape index (κ3) is 11.8. The van der Waals surface area contributed by atoms with Gasteiger partial charge >= 0.3 is 6.09 Å². The molecular weight excluding hydrogens is 672 g/mol. The third-order valence-corrected chi connectivity index (χ3v) is 9.22. The van der Waals surface area contributed by atoms with Gasteiger partial charge in [-0.25, -0.2) is 4.79 Å². The van der Waals surface area contributed by atoms with E-state index in [1.807, 2.05) is 88.3 Å². The molecule has 1 atom stereocenters. The van der Waals surface area contributed by atoms with E-state index in [9.17, 15) is 19.2 Å². The smallest absolute Gasteiger partial charge is 0.407 e. The summed E-state index contributed by atoms with van der Waals surface area (Å²) >= 11 is 0. The third-order valence-electron chi connectivity index (χ3n) is 9.22. The number of anilines is 2. The van der Waals surface area contributed by atoms with Crippen LogP contribution in [0.2, 0.25) is 0 Å². The summed E-state index contributed by atoms with van der Waals surface area (Å²) in [6, 6.07) is 22.7. The highest BCUT2D eigenvalue weighted by Gasteiger charge is 2.31. The summed E-state index contributed by atoms with van der Waals surface area (Å²) in [4.78, 5) is 54.1. The summed E-state index contributed by atoms with van der Waals surface area (Å²) in [5.41, 5.74) is 4.23. The number of hydrogen-bond donors (Lipinski definition) is 4. The van der Waals surface area contributed by atoms with Gasteiger partial charge in [0.15, 0.2) is 0 Å². The van der Waals surface area contributed by atoms with Crippen molar-refractivity contribution in [2.24, 2.45) is 17.8 Å². The molecule has 53 heavy (non-hydrogen) atoms. The van der Waals surface area contributed by atoms with Crippen LogP contribution >= 0.6 is 0 Å². The monoisotopic (exact) mass is 722 g/mol. The molecule has 3 amide bonds. The number of tetrazole rings is 1. The molecule has 0 spiro atoms. The number of benzene rings is 3. The number of alkyl carbamates (subject to hydrolysis) is 1. The van der Waals surface area contributed by atoms with Gasteiger partial charge in [0, 0.05) is 47.3 Å². The van der Waals surface area contributed by atoms with E-state index in [-0.39, 0.29) is 42.4 Å². The molecule has 0 bridgehead atoms. The second-order valence-electron chi connectivity index (χ2n) is 15.0. The van der Waals surface area contributed by atoms with Crippen LogP contribution in [0.1, 0.15) is 58.4 Å². The van der Waals surface area contributed by atoms with Gasteiger partial charge in [0.1, 0.15) is 11.4 Å². The van der Waals surface area contributed by atoms with Crippen molar-refractivity contribution in [1.29, 1.82) is 0 Å². The highest BCUT2D eigenvalue weighted by Crippen LogP contribution is 2.32. The number of Topliss-reactive ketones (excluding diaryl/α,β-unsaturated/α-hetero) is 1.